The Balaban J connectivity index is 1.64. The lowest BCUT2D eigenvalue weighted by Crippen LogP contribution is -2.34. The van der Waals surface area contributed by atoms with Crippen LogP contribution in [0.3, 0.4) is 0 Å². The van der Waals surface area contributed by atoms with Crippen molar-refractivity contribution in [3.8, 4) is 17.2 Å². The lowest BCUT2D eigenvalue weighted by atomic mass is 9.96. The van der Waals surface area contributed by atoms with Crippen LogP contribution in [0.15, 0.2) is 48.6 Å². The topological polar surface area (TPSA) is 111 Å². The van der Waals surface area contributed by atoms with E-state index in [1.165, 1.54) is 7.11 Å². The number of hydrogen-bond acceptors (Lipinski definition) is 10. The van der Waals surface area contributed by atoms with Gasteiger partial charge in [-0.3, -0.25) is 0 Å². The van der Waals surface area contributed by atoms with Gasteiger partial charge in [0.05, 0.1) is 39.6 Å². The molecule has 1 heterocycles. The van der Waals surface area contributed by atoms with Crippen molar-refractivity contribution in [3.63, 3.8) is 0 Å². The molecule has 0 aromatic heterocycles. The molecule has 11 heteroatoms. The van der Waals surface area contributed by atoms with Gasteiger partial charge in [0.15, 0.2) is 12.6 Å². The van der Waals surface area contributed by atoms with Crippen molar-refractivity contribution in [1.29, 1.82) is 0 Å². The third kappa shape index (κ3) is 12.8. The first-order valence-electron chi connectivity index (χ1n) is 16.7. The van der Waals surface area contributed by atoms with Gasteiger partial charge >= 0.3 is 5.97 Å². The highest BCUT2D eigenvalue weighted by molar-refractivity contribution is 6.76. The molecule has 2 unspecified atom stereocenters. The van der Waals surface area contributed by atoms with Crippen LogP contribution in [0.4, 0.5) is 0 Å². The van der Waals surface area contributed by atoms with Crippen LogP contribution in [0.2, 0.25) is 25.7 Å². The van der Waals surface area contributed by atoms with Crippen molar-refractivity contribution in [2.75, 3.05) is 34.7 Å². The fourth-order valence-corrected chi connectivity index (χ4v) is 6.08. The Bertz CT molecular complexity index is 1300. The van der Waals surface area contributed by atoms with Crippen molar-refractivity contribution < 1.29 is 47.8 Å². The summed E-state index contributed by atoms with van der Waals surface area (Å²) in [6.45, 7) is 13.2. The van der Waals surface area contributed by atoms with Gasteiger partial charge in [0, 0.05) is 21.3 Å². The molecule has 0 radical (unpaired) electrons. The summed E-state index contributed by atoms with van der Waals surface area (Å²) in [6, 6.07) is 12.2. The van der Waals surface area contributed by atoms with Crippen molar-refractivity contribution >= 4 is 14.0 Å². The Labute approximate surface area is 287 Å². The summed E-state index contributed by atoms with van der Waals surface area (Å²) in [7, 11) is 3.35. The van der Waals surface area contributed by atoms with E-state index in [-0.39, 0.29) is 19.0 Å². The Morgan fingerprint density at radius 1 is 1.04 bits per heavy atom. The van der Waals surface area contributed by atoms with E-state index >= 15 is 0 Å². The predicted octanol–water partition coefficient (Wildman–Crippen LogP) is 6.94. The molecule has 2 aromatic carbocycles. The molecule has 0 amide bonds. The van der Waals surface area contributed by atoms with Crippen molar-refractivity contribution in [1.82, 2.24) is 0 Å². The second kappa shape index (κ2) is 18.7. The van der Waals surface area contributed by atoms with Crippen molar-refractivity contribution in [2.45, 2.75) is 109 Å². The monoisotopic (exact) mass is 688 g/mol. The zero-order chi connectivity index (χ0) is 35.3. The molecule has 2 aromatic rings. The van der Waals surface area contributed by atoms with Crippen LogP contribution in [-0.4, -0.2) is 84.1 Å². The summed E-state index contributed by atoms with van der Waals surface area (Å²) in [4.78, 5) is 13.4. The average Bonchev–Trinajstić information content (AvgIpc) is 3.35. The Hall–Kier alpha value is -2.93. The molecule has 0 aliphatic carbocycles. The number of carbonyl (C=O) groups is 1. The number of rotatable bonds is 20. The predicted molar refractivity (Wildman–Crippen MR) is 188 cm³/mol. The largest absolute Gasteiger partial charge is 0.497 e. The van der Waals surface area contributed by atoms with E-state index in [1.807, 2.05) is 57.2 Å². The number of carbonyl (C=O) groups excluding carboxylic acids is 1. The minimum absolute atomic E-state index is 0.0230. The number of aryl methyl sites for hydroxylation is 1. The second-order valence-corrected chi connectivity index (χ2v) is 19.4. The van der Waals surface area contributed by atoms with E-state index in [0.29, 0.717) is 56.0 Å². The first-order valence-corrected chi connectivity index (χ1v) is 20.4. The average molecular weight is 689 g/mol. The van der Waals surface area contributed by atoms with E-state index in [1.54, 1.807) is 26.4 Å². The molecule has 0 bridgehead atoms. The molecule has 1 saturated heterocycles. The summed E-state index contributed by atoms with van der Waals surface area (Å²) < 4.78 is 45.8. The smallest absolute Gasteiger partial charge is 0.342 e. The summed E-state index contributed by atoms with van der Waals surface area (Å²) >= 11 is 0. The molecular weight excluding hydrogens is 632 g/mol. The lowest BCUT2D eigenvalue weighted by Gasteiger charge is -2.21. The highest BCUT2D eigenvalue weighted by atomic mass is 28.3. The minimum atomic E-state index is -1.40. The number of esters is 1. The molecule has 1 aliphatic heterocycles. The third-order valence-corrected chi connectivity index (χ3v) is 9.71. The first kappa shape index (κ1) is 39.5. The number of aliphatic hydroxyl groups excluding tert-OH is 1. The van der Waals surface area contributed by atoms with E-state index < -0.39 is 32.0 Å². The van der Waals surface area contributed by atoms with Gasteiger partial charge in [0.25, 0.3) is 0 Å². The SMILES string of the molecule is COCOc1cc(OC)cc(CCC[C@@H]2OC(C)(C)OC2C(O)C=CC[C@H](C)OCc2ccc(OC)cc2)c1C(=O)OCC[Si](C)(C)C. The van der Waals surface area contributed by atoms with Gasteiger partial charge in [-0.25, -0.2) is 4.79 Å². The number of ether oxygens (including phenoxy) is 8. The van der Waals surface area contributed by atoms with Crippen LogP contribution in [0.25, 0.3) is 0 Å². The van der Waals surface area contributed by atoms with Crippen LogP contribution in [-0.2, 0) is 36.7 Å². The molecular formula is C37H56O10Si. The normalized spacial score (nSPS) is 18.9. The number of benzene rings is 2. The lowest BCUT2D eigenvalue weighted by molar-refractivity contribution is -0.152. The first-order chi connectivity index (χ1) is 22.7. The molecule has 3 rings (SSSR count). The molecule has 1 fully saturated rings. The van der Waals surface area contributed by atoms with Crippen LogP contribution in [0, 0.1) is 0 Å². The minimum Gasteiger partial charge on any atom is -0.497 e. The Kier molecular flexibility index (Phi) is 15.4. The van der Waals surface area contributed by atoms with Gasteiger partial charge in [-0.1, -0.05) is 43.9 Å². The fourth-order valence-electron chi connectivity index (χ4n) is 5.37. The van der Waals surface area contributed by atoms with Gasteiger partial charge < -0.3 is 43.0 Å². The van der Waals surface area contributed by atoms with Gasteiger partial charge in [0.1, 0.15) is 35.0 Å². The van der Waals surface area contributed by atoms with Gasteiger partial charge in [-0.15, -0.1) is 0 Å². The van der Waals surface area contributed by atoms with Crippen LogP contribution < -0.4 is 14.2 Å². The molecule has 1 N–H and O–H groups in total. The number of methoxy groups -OCH3 is 3. The molecule has 1 aliphatic rings. The van der Waals surface area contributed by atoms with Crippen LogP contribution >= 0.6 is 0 Å². The molecule has 0 saturated carbocycles. The van der Waals surface area contributed by atoms with Crippen LogP contribution in [0.1, 0.15) is 61.5 Å². The maximum absolute atomic E-state index is 13.4. The zero-order valence-electron chi connectivity index (χ0n) is 30.2. The van der Waals surface area contributed by atoms with Gasteiger partial charge in [-0.05, 0) is 81.8 Å². The van der Waals surface area contributed by atoms with Crippen molar-refractivity contribution in [3.05, 3.63) is 65.2 Å². The highest BCUT2D eigenvalue weighted by Crippen LogP contribution is 2.35. The fraction of sp³-hybridized carbons (Fsp3) is 0.595. The van der Waals surface area contributed by atoms with Gasteiger partial charge in [-0.2, -0.15) is 0 Å². The highest BCUT2D eigenvalue weighted by Gasteiger charge is 2.43. The van der Waals surface area contributed by atoms with E-state index in [0.717, 1.165) is 22.9 Å². The number of aliphatic hydroxyl groups is 1. The zero-order valence-corrected chi connectivity index (χ0v) is 31.2. The summed E-state index contributed by atoms with van der Waals surface area (Å²) in [5.74, 6) is 0.451. The summed E-state index contributed by atoms with van der Waals surface area (Å²) in [6.07, 6.45) is 4.27. The maximum Gasteiger partial charge on any atom is 0.342 e. The van der Waals surface area contributed by atoms with E-state index in [4.69, 9.17) is 37.9 Å². The summed E-state index contributed by atoms with van der Waals surface area (Å²) in [5, 5.41) is 11.1. The second-order valence-electron chi connectivity index (χ2n) is 13.8. The Morgan fingerprint density at radius 3 is 2.40 bits per heavy atom. The molecule has 10 nitrogen and oxygen atoms in total. The van der Waals surface area contributed by atoms with E-state index in [2.05, 4.69) is 19.6 Å². The maximum atomic E-state index is 13.4. The quantitative estimate of drug-likeness (QED) is 0.0680. The molecule has 0 spiro atoms. The molecule has 268 valence electrons. The van der Waals surface area contributed by atoms with E-state index in [9.17, 15) is 9.90 Å². The third-order valence-electron chi connectivity index (χ3n) is 8.00. The van der Waals surface area contributed by atoms with Gasteiger partial charge in [0.2, 0.25) is 0 Å². The van der Waals surface area contributed by atoms with Crippen molar-refractivity contribution in [2.24, 2.45) is 0 Å². The Morgan fingerprint density at radius 2 is 1.75 bits per heavy atom. The standard InChI is InChI=1S/C37H56O10Si/c1-26(44-24-27-16-18-29(41-5)19-17-27)12-10-14-31(38)35-32(46-37(2,3)47-35)15-11-13-28-22-30(42-6)23-33(45-25-40-4)34(28)36(39)43-20-21-48(7,8)9/h10,14,16-19,22-23,26,31-32,35,38H,11-13,15,20-21,24-25H2,1-9H3/t26-,31?,32-,35?/m0/s1. The summed E-state index contributed by atoms with van der Waals surface area (Å²) in [5.41, 5.74) is 2.18. The number of hydrogen-bond donors (Lipinski definition) is 1. The van der Waals surface area contributed by atoms with Crippen LogP contribution in [0.5, 0.6) is 17.2 Å². The molecule has 48 heavy (non-hydrogen) atoms. The molecule has 4 atom stereocenters.